The number of thioether (sulfide) groups is 1. The van der Waals surface area contributed by atoms with Gasteiger partial charge in [0.2, 0.25) is 0 Å². The average Bonchev–Trinajstić information content (AvgIpc) is 2.29. The third-order valence-electron chi connectivity index (χ3n) is 3.50. The van der Waals surface area contributed by atoms with Gasteiger partial charge in [-0.2, -0.15) is 11.8 Å². The maximum atomic E-state index is 11.0. The second-order valence-electron chi connectivity index (χ2n) is 4.52. The van der Waals surface area contributed by atoms with Crippen LogP contribution in [0, 0.1) is 0 Å². The Morgan fingerprint density at radius 2 is 2.39 bits per heavy atom. The van der Waals surface area contributed by atoms with Crippen molar-refractivity contribution in [2.75, 3.05) is 23.9 Å². The minimum absolute atomic E-state index is 0.0966. The molecule has 0 radical (unpaired) electrons. The number of carboxylic acids is 1. The van der Waals surface area contributed by atoms with Gasteiger partial charge in [-0.15, -0.1) is 0 Å². The number of pyridine rings is 1. The molecule has 0 aromatic carbocycles. The standard InChI is InChI=1S/C12H17N3O2S/c1-18-12(4-2-5-12)7-15-10-9(13)8(11(16)17)3-6-14-10/h3,6H,2,4-5,7,13H2,1H3,(H,14,15)(H,16,17). The van der Waals surface area contributed by atoms with Gasteiger partial charge in [-0.05, 0) is 25.2 Å². The first kappa shape index (κ1) is 13.0. The van der Waals surface area contributed by atoms with Gasteiger partial charge in [0.1, 0.15) is 5.82 Å². The van der Waals surface area contributed by atoms with E-state index in [1.54, 1.807) is 0 Å². The molecule has 18 heavy (non-hydrogen) atoms. The van der Waals surface area contributed by atoms with Gasteiger partial charge in [-0.25, -0.2) is 9.78 Å². The minimum atomic E-state index is -1.03. The van der Waals surface area contributed by atoms with Gasteiger partial charge in [0, 0.05) is 17.5 Å². The number of nitrogens with zero attached hydrogens (tertiary/aromatic N) is 1. The fraction of sp³-hybridized carbons (Fsp3) is 0.500. The van der Waals surface area contributed by atoms with E-state index in [2.05, 4.69) is 16.6 Å². The summed E-state index contributed by atoms with van der Waals surface area (Å²) >= 11 is 1.85. The molecule has 1 fully saturated rings. The van der Waals surface area contributed by atoms with Crippen LogP contribution in [0.2, 0.25) is 0 Å². The molecule has 6 heteroatoms. The van der Waals surface area contributed by atoms with Gasteiger partial charge in [0.15, 0.2) is 0 Å². The van der Waals surface area contributed by atoms with Crippen LogP contribution in [0.4, 0.5) is 11.5 Å². The molecule has 0 bridgehead atoms. The van der Waals surface area contributed by atoms with E-state index in [9.17, 15) is 4.79 Å². The molecule has 0 unspecified atom stereocenters. The lowest BCUT2D eigenvalue weighted by molar-refractivity contribution is 0.0698. The lowest BCUT2D eigenvalue weighted by atomic mass is 9.84. The van der Waals surface area contributed by atoms with Crippen LogP contribution in [-0.4, -0.2) is 33.6 Å². The molecule has 0 atom stereocenters. The quantitative estimate of drug-likeness (QED) is 0.757. The van der Waals surface area contributed by atoms with Gasteiger partial charge < -0.3 is 16.2 Å². The molecule has 1 saturated carbocycles. The number of carboxylic acid groups (broad SMARTS) is 1. The van der Waals surface area contributed by atoms with Crippen LogP contribution in [-0.2, 0) is 0 Å². The van der Waals surface area contributed by atoms with Crippen molar-refractivity contribution in [3.8, 4) is 0 Å². The van der Waals surface area contributed by atoms with Crippen molar-refractivity contribution in [1.29, 1.82) is 0 Å². The van der Waals surface area contributed by atoms with E-state index in [-0.39, 0.29) is 16.0 Å². The van der Waals surface area contributed by atoms with Crippen molar-refractivity contribution in [3.05, 3.63) is 17.8 Å². The Hall–Kier alpha value is -1.43. The molecule has 98 valence electrons. The number of nitrogens with two attached hydrogens (primary N) is 1. The fourth-order valence-electron chi connectivity index (χ4n) is 2.07. The first-order valence-electron chi connectivity index (χ1n) is 5.85. The Morgan fingerprint density at radius 3 is 2.89 bits per heavy atom. The second-order valence-corrected chi connectivity index (χ2v) is 5.79. The lowest BCUT2D eigenvalue weighted by Gasteiger charge is -2.40. The first-order valence-corrected chi connectivity index (χ1v) is 7.07. The lowest BCUT2D eigenvalue weighted by Crippen LogP contribution is -2.40. The largest absolute Gasteiger partial charge is 0.478 e. The van der Waals surface area contributed by atoms with Crippen molar-refractivity contribution in [2.24, 2.45) is 0 Å². The van der Waals surface area contributed by atoms with E-state index in [1.165, 1.54) is 31.5 Å². The summed E-state index contributed by atoms with van der Waals surface area (Å²) in [5.74, 6) is -0.559. The van der Waals surface area contributed by atoms with Crippen molar-refractivity contribution in [1.82, 2.24) is 4.98 Å². The molecule has 1 heterocycles. The highest BCUT2D eigenvalue weighted by atomic mass is 32.2. The number of hydrogen-bond acceptors (Lipinski definition) is 5. The summed E-state index contributed by atoms with van der Waals surface area (Å²) in [7, 11) is 0. The molecule has 1 aromatic rings. The number of nitrogen functional groups attached to an aromatic ring is 1. The molecule has 0 spiro atoms. The molecular weight excluding hydrogens is 250 g/mol. The monoisotopic (exact) mass is 267 g/mol. The molecule has 0 aliphatic heterocycles. The predicted molar refractivity (Wildman–Crippen MR) is 74.2 cm³/mol. The van der Waals surface area contributed by atoms with Crippen molar-refractivity contribution in [2.45, 2.75) is 24.0 Å². The summed E-state index contributed by atoms with van der Waals surface area (Å²) in [6.45, 7) is 0.772. The Morgan fingerprint density at radius 1 is 1.67 bits per heavy atom. The fourth-order valence-corrected chi connectivity index (χ4v) is 2.98. The third-order valence-corrected chi connectivity index (χ3v) is 4.91. The molecule has 1 aliphatic rings. The summed E-state index contributed by atoms with van der Waals surface area (Å²) in [5.41, 5.74) is 6.11. The molecule has 5 nitrogen and oxygen atoms in total. The van der Waals surface area contributed by atoms with Gasteiger partial charge in [-0.3, -0.25) is 0 Å². The van der Waals surface area contributed by atoms with Crippen LogP contribution in [0.25, 0.3) is 0 Å². The zero-order chi connectivity index (χ0) is 13.2. The minimum Gasteiger partial charge on any atom is -0.478 e. The molecule has 1 aliphatic carbocycles. The summed E-state index contributed by atoms with van der Waals surface area (Å²) in [6.07, 6.45) is 7.18. The average molecular weight is 267 g/mol. The highest BCUT2D eigenvalue weighted by molar-refractivity contribution is 8.00. The highest BCUT2D eigenvalue weighted by Gasteiger charge is 2.36. The predicted octanol–water partition coefficient (Wildman–Crippen LogP) is 2.06. The zero-order valence-electron chi connectivity index (χ0n) is 10.3. The van der Waals surface area contributed by atoms with E-state index >= 15 is 0 Å². The van der Waals surface area contributed by atoms with Crippen LogP contribution in [0.15, 0.2) is 12.3 Å². The van der Waals surface area contributed by atoms with Gasteiger partial charge in [-0.1, -0.05) is 6.42 Å². The molecule has 4 N–H and O–H groups in total. The SMILES string of the molecule is CSC1(CNc2nccc(C(=O)O)c2N)CCC1. The number of carbonyl (C=O) groups is 1. The summed E-state index contributed by atoms with van der Waals surface area (Å²) in [6, 6.07) is 1.41. The normalized spacial score (nSPS) is 16.9. The molecule has 0 saturated heterocycles. The van der Waals surface area contributed by atoms with E-state index in [1.807, 2.05) is 11.8 Å². The van der Waals surface area contributed by atoms with Crippen LogP contribution >= 0.6 is 11.8 Å². The molecular formula is C12H17N3O2S. The number of anilines is 2. The van der Waals surface area contributed by atoms with Gasteiger partial charge in [0.25, 0.3) is 0 Å². The second kappa shape index (κ2) is 5.06. The Bertz CT molecular complexity index is 455. The van der Waals surface area contributed by atoms with Crippen LogP contribution < -0.4 is 11.1 Å². The summed E-state index contributed by atoms with van der Waals surface area (Å²) in [5, 5.41) is 12.2. The smallest absolute Gasteiger partial charge is 0.337 e. The number of rotatable bonds is 5. The molecule has 1 aromatic heterocycles. The van der Waals surface area contributed by atoms with E-state index in [0.717, 1.165) is 6.54 Å². The Balaban J connectivity index is 2.10. The van der Waals surface area contributed by atoms with Crippen molar-refractivity contribution >= 4 is 29.2 Å². The van der Waals surface area contributed by atoms with Crippen molar-refractivity contribution in [3.63, 3.8) is 0 Å². The third kappa shape index (κ3) is 2.38. The maximum Gasteiger partial charge on any atom is 0.337 e. The van der Waals surface area contributed by atoms with E-state index in [4.69, 9.17) is 10.8 Å². The number of hydrogen-bond donors (Lipinski definition) is 3. The van der Waals surface area contributed by atoms with Gasteiger partial charge in [0.05, 0.1) is 11.3 Å². The highest BCUT2D eigenvalue weighted by Crippen LogP contribution is 2.42. The first-order chi connectivity index (χ1) is 8.58. The van der Waals surface area contributed by atoms with Crippen LogP contribution in [0.1, 0.15) is 29.6 Å². The maximum absolute atomic E-state index is 11.0. The number of aromatic nitrogens is 1. The Labute approximate surface area is 110 Å². The number of aromatic carboxylic acids is 1. The zero-order valence-corrected chi connectivity index (χ0v) is 11.1. The molecule has 0 amide bonds. The van der Waals surface area contributed by atoms with E-state index in [0.29, 0.717) is 5.82 Å². The van der Waals surface area contributed by atoms with Crippen molar-refractivity contribution < 1.29 is 9.90 Å². The topological polar surface area (TPSA) is 88.2 Å². The van der Waals surface area contributed by atoms with Gasteiger partial charge >= 0.3 is 5.97 Å². The van der Waals surface area contributed by atoms with Crippen LogP contribution in [0.5, 0.6) is 0 Å². The summed E-state index contributed by atoms with van der Waals surface area (Å²) < 4.78 is 0.257. The Kier molecular flexibility index (Phi) is 3.65. The number of nitrogens with one attached hydrogen (secondary N) is 1. The van der Waals surface area contributed by atoms with E-state index < -0.39 is 5.97 Å². The molecule has 2 rings (SSSR count). The summed E-state index contributed by atoms with van der Waals surface area (Å²) in [4.78, 5) is 15.1. The van der Waals surface area contributed by atoms with Crippen LogP contribution in [0.3, 0.4) is 0 Å².